The van der Waals surface area contributed by atoms with E-state index in [2.05, 4.69) is 39.7 Å². The Bertz CT molecular complexity index is 1560. The Hall–Kier alpha value is -3.75. The molecule has 44 heavy (non-hydrogen) atoms. The molecule has 2 fully saturated rings. The fourth-order valence-corrected chi connectivity index (χ4v) is 6.86. The van der Waals surface area contributed by atoms with E-state index in [-0.39, 0.29) is 5.91 Å². The van der Waals surface area contributed by atoms with Gasteiger partial charge in [0, 0.05) is 53.6 Å². The van der Waals surface area contributed by atoms with Crippen molar-refractivity contribution in [3.63, 3.8) is 0 Å². The summed E-state index contributed by atoms with van der Waals surface area (Å²) >= 11 is 3.35. The number of carbonyl (C=O) groups is 2. The summed E-state index contributed by atoms with van der Waals surface area (Å²) in [7, 11) is 0. The van der Waals surface area contributed by atoms with E-state index >= 15 is 0 Å². The van der Waals surface area contributed by atoms with Gasteiger partial charge in [0.05, 0.1) is 35.9 Å². The molecular weight excluding hydrogens is 617 g/mol. The third-order valence-corrected chi connectivity index (χ3v) is 9.37. The molecule has 1 N–H and O–H groups in total. The van der Waals surface area contributed by atoms with Crippen LogP contribution in [0.5, 0.6) is 0 Å². The number of likely N-dealkylation sites (tertiary alicyclic amines) is 1. The van der Waals surface area contributed by atoms with Gasteiger partial charge in [0.25, 0.3) is 0 Å². The van der Waals surface area contributed by atoms with Crippen LogP contribution in [0.3, 0.4) is 0 Å². The van der Waals surface area contributed by atoms with Crippen LogP contribution in [-0.4, -0.2) is 77.6 Å². The van der Waals surface area contributed by atoms with E-state index < -0.39 is 12.1 Å². The second kappa shape index (κ2) is 13.9. The van der Waals surface area contributed by atoms with Gasteiger partial charge in [0.15, 0.2) is 0 Å². The van der Waals surface area contributed by atoms with Crippen LogP contribution in [0.1, 0.15) is 34.4 Å². The first-order valence-electron chi connectivity index (χ1n) is 14.1. The summed E-state index contributed by atoms with van der Waals surface area (Å²) in [4.78, 5) is 32.1. The van der Waals surface area contributed by atoms with Gasteiger partial charge < -0.3 is 24.2 Å². The van der Waals surface area contributed by atoms with Crippen LogP contribution in [0.4, 0.5) is 18.9 Å². The number of ether oxygens (including phenoxy) is 1. The zero-order chi connectivity index (χ0) is 31.3. The summed E-state index contributed by atoms with van der Waals surface area (Å²) in [5.74, 6) is -1.38. The number of aromatic nitrogens is 2. The van der Waals surface area contributed by atoms with E-state index in [4.69, 9.17) is 24.1 Å². The number of thiophene rings is 1. The lowest BCUT2D eigenvalue weighted by molar-refractivity contribution is -0.192. The largest absolute Gasteiger partial charge is 0.490 e. The topological polar surface area (TPSA) is 109 Å². The number of carbonyl (C=O) groups excluding carboxylic acids is 1. The van der Waals surface area contributed by atoms with Crippen molar-refractivity contribution in [1.82, 2.24) is 15.0 Å². The fraction of sp³-hybridized carbons (Fsp3) is 0.400. The minimum absolute atomic E-state index is 0.227. The van der Waals surface area contributed by atoms with E-state index in [0.29, 0.717) is 12.3 Å². The van der Waals surface area contributed by atoms with Crippen molar-refractivity contribution in [3.8, 4) is 22.5 Å². The molecule has 234 valence electrons. The Morgan fingerprint density at radius 1 is 1.07 bits per heavy atom. The van der Waals surface area contributed by atoms with Crippen LogP contribution in [0.15, 0.2) is 51.7 Å². The minimum Gasteiger partial charge on any atom is -0.475 e. The van der Waals surface area contributed by atoms with E-state index in [0.717, 1.165) is 90.4 Å². The molecule has 0 radical (unpaired) electrons. The summed E-state index contributed by atoms with van der Waals surface area (Å²) in [5.41, 5.74) is 4.92. The summed E-state index contributed by atoms with van der Waals surface area (Å²) in [6, 6.07) is 12.5. The number of hydrogen-bond donors (Lipinski definition) is 1. The maximum Gasteiger partial charge on any atom is 0.490 e. The predicted molar refractivity (Wildman–Crippen MR) is 161 cm³/mol. The van der Waals surface area contributed by atoms with Crippen LogP contribution in [0, 0.1) is 6.92 Å². The van der Waals surface area contributed by atoms with Crippen LogP contribution < -0.4 is 4.90 Å². The Kier molecular flexibility index (Phi) is 10.0. The van der Waals surface area contributed by atoms with Crippen molar-refractivity contribution in [2.75, 3.05) is 44.3 Å². The number of aryl methyl sites for hydroxylation is 1. The average Bonchev–Trinajstić information content (AvgIpc) is 3.79. The summed E-state index contributed by atoms with van der Waals surface area (Å²) in [6.07, 6.45) is -2.69. The van der Waals surface area contributed by atoms with E-state index in [1.54, 1.807) is 22.7 Å². The first kappa shape index (κ1) is 31.7. The molecule has 0 bridgehead atoms. The molecule has 3 aromatic heterocycles. The Morgan fingerprint density at radius 2 is 1.80 bits per heavy atom. The number of alkyl halides is 3. The number of piperidine rings is 1. The second-order valence-electron chi connectivity index (χ2n) is 10.4. The quantitative estimate of drug-likeness (QED) is 0.261. The lowest BCUT2D eigenvalue weighted by atomic mass is 9.97. The number of thiazole rings is 1. The molecule has 1 amide bonds. The van der Waals surface area contributed by atoms with Crippen LogP contribution in [-0.2, 0) is 20.7 Å². The number of anilines is 1. The number of hydrogen-bond acceptors (Lipinski definition) is 9. The number of amides is 1. The van der Waals surface area contributed by atoms with E-state index in [9.17, 15) is 18.0 Å². The Labute approximate surface area is 259 Å². The van der Waals surface area contributed by atoms with Crippen LogP contribution in [0.2, 0.25) is 0 Å². The molecule has 1 aromatic carbocycles. The van der Waals surface area contributed by atoms with E-state index in [1.807, 2.05) is 29.3 Å². The van der Waals surface area contributed by atoms with Gasteiger partial charge in [-0.25, -0.2) is 9.78 Å². The van der Waals surface area contributed by atoms with Gasteiger partial charge >= 0.3 is 12.1 Å². The zero-order valence-electron chi connectivity index (χ0n) is 23.9. The monoisotopic (exact) mass is 648 g/mol. The van der Waals surface area contributed by atoms with Crippen molar-refractivity contribution < 1.29 is 37.1 Å². The summed E-state index contributed by atoms with van der Waals surface area (Å²) < 4.78 is 42.9. The van der Waals surface area contributed by atoms with Gasteiger partial charge in [-0.15, -0.1) is 22.7 Å². The zero-order valence-corrected chi connectivity index (χ0v) is 25.5. The van der Waals surface area contributed by atoms with Gasteiger partial charge in [0.2, 0.25) is 5.91 Å². The van der Waals surface area contributed by atoms with Gasteiger partial charge in [-0.2, -0.15) is 13.2 Å². The number of benzene rings is 1. The van der Waals surface area contributed by atoms with Crippen LogP contribution >= 0.6 is 22.7 Å². The average molecular weight is 649 g/mol. The minimum atomic E-state index is -5.08. The molecule has 2 saturated heterocycles. The molecule has 0 unspecified atom stereocenters. The van der Waals surface area contributed by atoms with Crippen molar-refractivity contribution in [2.45, 2.75) is 38.3 Å². The molecular formula is C30H31F3N4O5S2. The molecule has 9 nitrogen and oxygen atoms in total. The predicted octanol–water partition coefficient (Wildman–Crippen LogP) is 6.25. The lowest BCUT2D eigenvalue weighted by Crippen LogP contribution is -2.38. The molecule has 6 rings (SSSR count). The highest BCUT2D eigenvalue weighted by Crippen LogP contribution is 2.39. The van der Waals surface area contributed by atoms with Gasteiger partial charge in [-0.05, 0) is 43.3 Å². The van der Waals surface area contributed by atoms with Crippen LogP contribution in [0.25, 0.3) is 22.5 Å². The van der Waals surface area contributed by atoms with Crippen molar-refractivity contribution in [3.05, 3.63) is 62.8 Å². The maximum absolute atomic E-state index is 12.7. The third-order valence-electron chi connectivity index (χ3n) is 7.48. The molecule has 14 heteroatoms. The second-order valence-corrected chi connectivity index (χ2v) is 12.3. The Morgan fingerprint density at radius 3 is 2.45 bits per heavy atom. The normalized spacial score (nSPS) is 16.0. The lowest BCUT2D eigenvalue weighted by Gasteiger charge is -2.31. The number of morpholine rings is 1. The summed E-state index contributed by atoms with van der Waals surface area (Å²) in [5, 5.41) is 16.8. The number of carboxylic acids is 1. The highest BCUT2D eigenvalue weighted by atomic mass is 32.1. The number of rotatable bonds is 6. The number of nitrogens with zero attached hydrogens (tertiary/aromatic N) is 4. The molecule has 4 aromatic rings. The SMILES string of the molecule is Cc1onc(-c2cccc(N3CCOCC3)c2)c1-c1csc(C2CCN(C(=O)Cc3cccs3)CC2)n1.O=C(O)C(F)(F)F. The molecule has 2 aliphatic rings. The molecule has 0 aliphatic carbocycles. The van der Waals surface area contributed by atoms with Crippen molar-refractivity contribution >= 4 is 40.2 Å². The maximum atomic E-state index is 12.7. The Balaban J connectivity index is 0.000000493. The first-order chi connectivity index (χ1) is 21.1. The van der Waals surface area contributed by atoms with E-state index in [1.165, 1.54) is 5.69 Å². The van der Waals surface area contributed by atoms with Crippen molar-refractivity contribution in [1.29, 1.82) is 0 Å². The first-order valence-corrected chi connectivity index (χ1v) is 15.8. The fourth-order valence-electron chi connectivity index (χ4n) is 5.18. The number of halogens is 3. The molecule has 5 heterocycles. The van der Waals surface area contributed by atoms with Gasteiger partial charge in [-0.1, -0.05) is 23.4 Å². The van der Waals surface area contributed by atoms with Gasteiger partial charge in [0.1, 0.15) is 11.5 Å². The summed E-state index contributed by atoms with van der Waals surface area (Å²) in [6.45, 7) is 6.81. The highest BCUT2D eigenvalue weighted by Gasteiger charge is 2.38. The standard InChI is InChI=1S/C28H30N4O3S2.C2HF3O2/c1-19-26(27(30-35-19)21-4-2-5-22(16-21)31-11-13-34-14-12-31)24-18-37-28(29-24)20-7-9-32(10-8-20)25(33)17-23-6-3-15-36-23;3-2(4,5)1(6)7/h2-6,15-16,18,20H,7-14,17H2,1H3;(H,6,7). The smallest absolute Gasteiger partial charge is 0.475 e. The number of aliphatic carboxylic acids is 1. The highest BCUT2D eigenvalue weighted by molar-refractivity contribution is 7.10. The molecule has 0 saturated carbocycles. The van der Waals surface area contributed by atoms with Crippen molar-refractivity contribution in [2.24, 2.45) is 0 Å². The van der Waals surface area contributed by atoms with Gasteiger partial charge in [-0.3, -0.25) is 4.79 Å². The molecule has 0 atom stereocenters. The number of carboxylic acid groups (broad SMARTS) is 1. The third kappa shape index (κ3) is 7.66. The molecule has 0 spiro atoms. The molecule has 2 aliphatic heterocycles.